The molecule has 0 atom stereocenters. The summed E-state index contributed by atoms with van der Waals surface area (Å²) in [5.41, 5.74) is 1.21. The molecule has 1 aliphatic heterocycles. The van der Waals surface area contributed by atoms with Gasteiger partial charge in [0.1, 0.15) is 0 Å². The molecule has 4 heteroatoms. The number of rotatable bonds is 4. The molecule has 0 spiro atoms. The van der Waals surface area contributed by atoms with Crippen LogP contribution in [0.15, 0.2) is 12.1 Å². The van der Waals surface area contributed by atoms with Crippen LogP contribution in [0.2, 0.25) is 5.02 Å². The Kier molecular flexibility index (Phi) is 4.37. The Morgan fingerprint density at radius 3 is 2.45 bits per heavy atom. The predicted molar refractivity (Wildman–Crippen MR) is 81.1 cm³/mol. The molecule has 0 bridgehead atoms. The molecule has 110 valence electrons. The highest BCUT2D eigenvalue weighted by Gasteiger charge is 2.24. The van der Waals surface area contributed by atoms with Gasteiger partial charge in [0.05, 0.1) is 13.2 Å². The minimum absolute atomic E-state index is 0.353. The molecule has 2 aliphatic rings. The van der Waals surface area contributed by atoms with E-state index in [1.165, 1.54) is 12.0 Å². The fraction of sp³-hybridized carbons (Fsp3) is 0.625. The van der Waals surface area contributed by atoms with Crippen LogP contribution in [0.1, 0.15) is 43.6 Å². The van der Waals surface area contributed by atoms with Crippen molar-refractivity contribution in [1.82, 2.24) is 5.32 Å². The fourth-order valence-electron chi connectivity index (χ4n) is 2.92. The van der Waals surface area contributed by atoms with Gasteiger partial charge in [-0.1, -0.05) is 11.6 Å². The van der Waals surface area contributed by atoms with Crippen molar-refractivity contribution in [3.8, 4) is 11.5 Å². The quantitative estimate of drug-likeness (QED) is 0.918. The molecular formula is C16H22ClNO2. The number of piperidine rings is 1. The molecule has 20 heavy (non-hydrogen) atoms. The maximum absolute atomic E-state index is 6.44. The van der Waals surface area contributed by atoms with Gasteiger partial charge in [-0.05, 0) is 62.7 Å². The van der Waals surface area contributed by atoms with Gasteiger partial charge in [0.25, 0.3) is 0 Å². The molecule has 1 heterocycles. The number of ether oxygens (including phenoxy) is 2. The number of hydrogen-bond acceptors (Lipinski definition) is 3. The minimum atomic E-state index is 0.353. The SMILES string of the molecule is COc1cc(Cl)c(C2CCNCC2)cc1OC1CCC1. The lowest BCUT2D eigenvalue weighted by molar-refractivity contribution is 0.116. The lowest BCUT2D eigenvalue weighted by Gasteiger charge is -2.29. The summed E-state index contributed by atoms with van der Waals surface area (Å²) < 4.78 is 11.5. The summed E-state index contributed by atoms with van der Waals surface area (Å²) in [7, 11) is 1.67. The summed E-state index contributed by atoms with van der Waals surface area (Å²) in [5.74, 6) is 2.13. The van der Waals surface area contributed by atoms with Crippen molar-refractivity contribution in [2.45, 2.75) is 44.1 Å². The Bertz CT molecular complexity index is 468. The molecule has 1 saturated carbocycles. The molecule has 0 aromatic heterocycles. The molecule has 1 aromatic carbocycles. The van der Waals surface area contributed by atoms with Gasteiger partial charge in [0.2, 0.25) is 0 Å². The van der Waals surface area contributed by atoms with Crippen molar-refractivity contribution in [3.63, 3.8) is 0 Å². The predicted octanol–water partition coefficient (Wildman–Crippen LogP) is 3.75. The van der Waals surface area contributed by atoms with Crippen LogP contribution in [0.4, 0.5) is 0 Å². The van der Waals surface area contributed by atoms with Crippen molar-refractivity contribution >= 4 is 11.6 Å². The van der Waals surface area contributed by atoms with Gasteiger partial charge in [0, 0.05) is 11.1 Å². The summed E-state index contributed by atoms with van der Waals surface area (Å²) in [6.07, 6.45) is 6.18. The van der Waals surface area contributed by atoms with Gasteiger partial charge in [-0.3, -0.25) is 0 Å². The number of nitrogens with one attached hydrogen (secondary N) is 1. The third-order valence-corrected chi connectivity index (χ3v) is 4.74. The van der Waals surface area contributed by atoms with Crippen LogP contribution in [0.5, 0.6) is 11.5 Å². The zero-order chi connectivity index (χ0) is 13.9. The first-order valence-electron chi connectivity index (χ1n) is 7.52. The Morgan fingerprint density at radius 2 is 1.85 bits per heavy atom. The van der Waals surface area contributed by atoms with E-state index in [4.69, 9.17) is 21.1 Å². The van der Waals surface area contributed by atoms with E-state index in [0.717, 1.165) is 55.3 Å². The lowest BCUT2D eigenvalue weighted by Crippen LogP contribution is -2.27. The van der Waals surface area contributed by atoms with E-state index < -0.39 is 0 Å². The molecule has 0 radical (unpaired) electrons. The smallest absolute Gasteiger partial charge is 0.162 e. The molecule has 3 rings (SSSR count). The number of methoxy groups -OCH3 is 1. The monoisotopic (exact) mass is 295 g/mol. The highest BCUT2D eigenvalue weighted by atomic mass is 35.5. The second-order valence-electron chi connectivity index (χ2n) is 5.72. The van der Waals surface area contributed by atoms with Gasteiger partial charge in [-0.25, -0.2) is 0 Å². The average Bonchev–Trinajstić information content (AvgIpc) is 2.44. The van der Waals surface area contributed by atoms with E-state index in [1.54, 1.807) is 7.11 Å². The molecule has 0 amide bonds. The first-order valence-corrected chi connectivity index (χ1v) is 7.90. The zero-order valence-electron chi connectivity index (χ0n) is 12.0. The Labute approximate surface area is 125 Å². The Morgan fingerprint density at radius 1 is 1.10 bits per heavy atom. The standard InChI is InChI=1S/C16H22ClNO2/c1-19-15-10-14(17)13(11-5-7-18-8-6-11)9-16(15)20-12-3-2-4-12/h9-12,18H,2-8H2,1H3. The van der Waals surface area contributed by atoms with Crippen molar-refractivity contribution in [1.29, 1.82) is 0 Å². The van der Waals surface area contributed by atoms with Crippen molar-refractivity contribution < 1.29 is 9.47 Å². The van der Waals surface area contributed by atoms with Crippen molar-refractivity contribution in [3.05, 3.63) is 22.7 Å². The van der Waals surface area contributed by atoms with Crippen LogP contribution in [0.25, 0.3) is 0 Å². The van der Waals surface area contributed by atoms with Crippen LogP contribution in [-0.4, -0.2) is 26.3 Å². The first kappa shape index (κ1) is 14.0. The second kappa shape index (κ2) is 6.23. The summed E-state index contributed by atoms with van der Waals surface area (Å²) in [6.45, 7) is 2.12. The summed E-state index contributed by atoms with van der Waals surface area (Å²) in [6, 6.07) is 4.02. The largest absolute Gasteiger partial charge is 0.493 e. The van der Waals surface area contributed by atoms with E-state index in [1.807, 2.05) is 6.07 Å². The van der Waals surface area contributed by atoms with Crippen LogP contribution in [0, 0.1) is 0 Å². The fourth-order valence-corrected chi connectivity index (χ4v) is 3.22. The lowest BCUT2D eigenvalue weighted by atomic mass is 9.90. The Hall–Kier alpha value is -0.930. The van der Waals surface area contributed by atoms with Gasteiger partial charge in [-0.2, -0.15) is 0 Å². The van der Waals surface area contributed by atoms with Crippen LogP contribution < -0.4 is 14.8 Å². The van der Waals surface area contributed by atoms with Crippen LogP contribution in [0.3, 0.4) is 0 Å². The van der Waals surface area contributed by atoms with Gasteiger partial charge >= 0.3 is 0 Å². The van der Waals surface area contributed by atoms with E-state index >= 15 is 0 Å². The van der Waals surface area contributed by atoms with Gasteiger partial charge in [0.15, 0.2) is 11.5 Å². The molecule has 0 unspecified atom stereocenters. The summed E-state index contributed by atoms with van der Waals surface area (Å²) in [4.78, 5) is 0. The maximum Gasteiger partial charge on any atom is 0.162 e. The highest BCUT2D eigenvalue weighted by Crippen LogP contribution is 2.40. The zero-order valence-corrected chi connectivity index (χ0v) is 12.7. The van der Waals surface area contributed by atoms with E-state index in [0.29, 0.717) is 12.0 Å². The summed E-state index contributed by atoms with van der Waals surface area (Å²) >= 11 is 6.44. The molecule has 3 nitrogen and oxygen atoms in total. The molecule has 2 fully saturated rings. The molecule has 1 N–H and O–H groups in total. The maximum atomic E-state index is 6.44. The molecule has 1 aromatic rings. The highest BCUT2D eigenvalue weighted by molar-refractivity contribution is 6.31. The average molecular weight is 296 g/mol. The molecule has 1 aliphatic carbocycles. The normalized spacial score (nSPS) is 20.5. The third kappa shape index (κ3) is 2.89. The van der Waals surface area contributed by atoms with Crippen molar-refractivity contribution in [2.75, 3.05) is 20.2 Å². The number of halogens is 1. The second-order valence-corrected chi connectivity index (χ2v) is 6.13. The van der Waals surface area contributed by atoms with Crippen molar-refractivity contribution in [2.24, 2.45) is 0 Å². The van der Waals surface area contributed by atoms with E-state index in [9.17, 15) is 0 Å². The summed E-state index contributed by atoms with van der Waals surface area (Å²) in [5, 5.41) is 4.19. The minimum Gasteiger partial charge on any atom is -0.493 e. The molecular weight excluding hydrogens is 274 g/mol. The van der Waals surface area contributed by atoms with Crippen LogP contribution in [-0.2, 0) is 0 Å². The number of hydrogen-bond donors (Lipinski definition) is 1. The van der Waals surface area contributed by atoms with Crippen LogP contribution >= 0.6 is 11.6 Å². The van der Waals surface area contributed by atoms with E-state index in [-0.39, 0.29) is 0 Å². The first-order chi connectivity index (χ1) is 9.78. The Balaban J connectivity index is 1.86. The van der Waals surface area contributed by atoms with Gasteiger partial charge < -0.3 is 14.8 Å². The third-order valence-electron chi connectivity index (χ3n) is 4.41. The molecule has 1 saturated heterocycles. The van der Waals surface area contributed by atoms with Gasteiger partial charge in [-0.15, -0.1) is 0 Å². The van der Waals surface area contributed by atoms with E-state index in [2.05, 4.69) is 11.4 Å². The topological polar surface area (TPSA) is 30.5 Å². The number of benzene rings is 1.